The standard InChI is InChI=1S/C13H14N4O2S/c1-2-16(7-3-6-14)12-10(4-5-11(18)19)17-8-9-20-13(17)15-12/h4-5,8-9H,2-3,7H2,1H3,(H,18,19). The molecule has 2 aromatic rings. The highest BCUT2D eigenvalue weighted by Gasteiger charge is 2.16. The monoisotopic (exact) mass is 290 g/mol. The number of aliphatic carboxylic acids is 1. The van der Waals surface area contributed by atoms with Gasteiger partial charge in [-0.1, -0.05) is 0 Å². The van der Waals surface area contributed by atoms with Crippen LogP contribution in [-0.4, -0.2) is 33.6 Å². The van der Waals surface area contributed by atoms with Crippen LogP contribution in [0.3, 0.4) is 0 Å². The lowest BCUT2D eigenvalue weighted by molar-refractivity contribution is -0.131. The Balaban J connectivity index is 2.45. The van der Waals surface area contributed by atoms with Gasteiger partial charge in [-0.05, 0) is 13.0 Å². The van der Waals surface area contributed by atoms with E-state index in [-0.39, 0.29) is 0 Å². The van der Waals surface area contributed by atoms with Gasteiger partial charge >= 0.3 is 5.97 Å². The van der Waals surface area contributed by atoms with Crippen molar-refractivity contribution < 1.29 is 9.90 Å². The van der Waals surface area contributed by atoms with Gasteiger partial charge in [-0.15, -0.1) is 11.3 Å². The summed E-state index contributed by atoms with van der Waals surface area (Å²) in [7, 11) is 0. The quantitative estimate of drug-likeness (QED) is 0.825. The van der Waals surface area contributed by atoms with Crippen LogP contribution in [0, 0.1) is 11.3 Å². The van der Waals surface area contributed by atoms with Crippen LogP contribution in [0.15, 0.2) is 17.7 Å². The second-order valence-corrected chi connectivity index (χ2v) is 4.91. The first kappa shape index (κ1) is 14.1. The van der Waals surface area contributed by atoms with E-state index in [0.29, 0.717) is 25.3 Å². The predicted molar refractivity (Wildman–Crippen MR) is 77.9 cm³/mol. The van der Waals surface area contributed by atoms with Crippen molar-refractivity contribution in [2.24, 2.45) is 0 Å². The summed E-state index contributed by atoms with van der Waals surface area (Å²) in [5.41, 5.74) is 0.725. The molecule has 0 unspecified atom stereocenters. The number of nitrogens with zero attached hydrogens (tertiary/aromatic N) is 4. The number of carboxylic acid groups (broad SMARTS) is 1. The Hall–Kier alpha value is -2.33. The molecule has 0 aromatic carbocycles. The summed E-state index contributed by atoms with van der Waals surface area (Å²) >= 11 is 1.49. The molecule has 104 valence electrons. The van der Waals surface area contributed by atoms with Crippen LogP contribution in [0.5, 0.6) is 0 Å². The third kappa shape index (κ3) is 2.81. The molecule has 0 radical (unpaired) electrons. The maximum absolute atomic E-state index is 10.7. The number of carboxylic acids is 1. The number of hydrogen-bond acceptors (Lipinski definition) is 5. The van der Waals surface area contributed by atoms with Gasteiger partial charge in [0.2, 0.25) is 0 Å². The van der Waals surface area contributed by atoms with Crippen molar-refractivity contribution >= 4 is 34.2 Å². The van der Waals surface area contributed by atoms with Gasteiger partial charge in [0.15, 0.2) is 10.8 Å². The lowest BCUT2D eigenvalue weighted by atomic mass is 10.3. The van der Waals surface area contributed by atoms with Gasteiger partial charge in [-0.25, -0.2) is 9.78 Å². The molecule has 0 saturated carbocycles. The Labute approximate surface area is 120 Å². The van der Waals surface area contributed by atoms with Crippen molar-refractivity contribution in [3.63, 3.8) is 0 Å². The van der Waals surface area contributed by atoms with Gasteiger partial charge in [0, 0.05) is 30.7 Å². The lowest BCUT2D eigenvalue weighted by Gasteiger charge is -2.19. The normalized spacial score (nSPS) is 11.0. The molecule has 0 aliphatic heterocycles. The zero-order chi connectivity index (χ0) is 14.5. The van der Waals surface area contributed by atoms with Crippen molar-refractivity contribution in [1.29, 1.82) is 5.26 Å². The van der Waals surface area contributed by atoms with E-state index < -0.39 is 5.97 Å². The number of nitriles is 1. The minimum atomic E-state index is -0.999. The van der Waals surface area contributed by atoms with E-state index in [0.717, 1.165) is 16.7 Å². The molecule has 0 aliphatic rings. The summed E-state index contributed by atoms with van der Waals surface area (Å²) in [5.74, 6) is -0.284. The topological polar surface area (TPSA) is 81.6 Å². The van der Waals surface area contributed by atoms with Crippen LogP contribution in [0.4, 0.5) is 5.82 Å². The van der Waals surface area contributed by atoms with E-state index in [4.69, 9.17) is 10.4 Å². The number of hydrogen-bond donors (Lipinski definition) is 1. The van der Waals surface area contributed by atoms with Crippen LogP contribution in [0.2, 0.25) is 0 Å². The van der Waals surface area contributed by atoms with Crippen LogP contribution in [-0.2, 0) is 4.79 Å². The minimum Gasteiger partial charge on any atom is -0.478 e. The SMILES string of the molecule is CCN(CCC#N)c1nc2sccn2c1C=CC(=O)O. The fraction of sp³-hybridized carbons (Fsp3) is 0.308. The summed E-state index contributed by atoms with van der Waals surface area (Å²) in [4.78, 5) is 18.0. The van der Waals surface area contributed by atoms with Crippen LogP contribution >= 0.6 is 11.3 Å². The van der Waals surface area contributed by atoms with Crippen LogP contribution in [0.1, 0.15) is 19.0 Å². The number of carbonyl (C=O) groups is 1. The second kappa shape index (κ2) is 6.21. The molecular formula is C13H14N4O2S. The van der Waals surface area contributed by atoms with Crippen molar-refractivity contribution in [3.05, 3.63) is 23.3 Å². The fourth-order valence-corrected chi connectivity index (χ4v) is 2.64. The number of fused-ring (bicyclic) bond motifs is 1. The van der Waals surface area contributed by atoms with E-state index in [9.17, 15) is 4.79 Å². The summed E-state index contributed by atoms with van der Waals surface area (Å²) in [5, 5.41) is 19.4. The molecule has 2 aromatic heterocycles. The molecule has 0 bridgehead atoms. The highest BCUT2D eigenvalue weighted by atomic mass is 32.1. The van der Waals surface area contributed by atoms with Crippen molar-refractivity contribution in [2.45, 2.75) is 13.3 Å². The molecular weight excluding hydrogens is 276 g/mol. The zero-order valence-electron chi connectivity index (χ0n) is 11.0. The highest BCUT2D eigenvalue weighted by molar-refractivity contribution is 7.15. The molecule has 0 fully saturated rings. The smallest absolute Gasteiger partial charge is 0.328 e. The largest absolute Gasteiger partial charge is 0.478 e. The molecule has 2 rings (SSSR count). The Morgan fingerprint density at radius 3 is 3.15 bits per heavy atom. The number of thiazole rings is 1. The average molecular weight is 290 g/mol. The Kier molecular flexibility index (Phi) is 4.38. The number of aromatic nitrogens is 2. The molecule has 0 amide bonds. The maximum Gasteiger partial charge on any atom is 0.328 e. The van der Waals surface area contributed by atoms with Crippen molar-refractivity contribution in [1.82, 2.24) is 9.38 Å². The fourth-order valence-electron chi connectivity index (χ4n) is 1.93. The molecule has 0 saturated heterocycles. The van der Waals surface area contributed by atoms with Gasteiger partial charge in [-0.2, -0.15) is 5.26 Å². The van der Waals surface area contributed by atoms with Crippen molar-refractivity contribution in [3.8, 4) is 6.07 Å². The average Bonchev–Trinajstić information content (AvgIpc) is 2.98. The van der Waals surface area contributed by atoms with Gasteiger partial charge in [0.05, 0.1) is 18.2 Å². The third-order valence-corrected chi connectivity index (χ3v) is 3.59. The number of anilines is 1. The van der Waals surface area contributed by atoms with Gasteiger partial charge < -0.3 is 10.0 Å². The first-order valence-electron chi connectivity index (χ1n) is 6.15. The molecule has 0 atom stereocenters. The Morgan fingerprint density at radius 2 is 2.50 bits per heavy atom. The summed E-state index contributed by atoms with van der Waals surface area (Å²) < 4.78 is 1.86. The second-order valence-electron chi connectivity index (χ2n) is 4.04. The maximum atomic E-state index is 10.7. The van der Waals surface area contributed by atoms with Crippen LogP contribution < -0.4 is 4.90 Å². The van der Waals surface area contributed by atoms with E-state index in [1.165, 1.54) is 11.3 Å². The van der Waals surface area contributed by atoms with E-state index in [1.54, 1.807) is 6.08 Å². The number of rotatable bonds is 6. The molecule has 20 heavy (non-hydrogen) atoms. The van der Waals surface area contributed by atoms with Crippen LogP contribution in [0.25, 0.3) is 11.0 Å². The summed E-state index contributed by atoms with van der Waals surface area (Å²) in [6.07, 6.45) is 4.90. The van der Waals surface area contributed by atoms with Crippen molar-refractivity contribution in [2.75, 3.05) is 18.0 Å². The Morgan fingerprint density at radius 1 is 1.70 bits per heavy atom. The summed E-state index contributed by atoms with van der Waals surface area (Å²) in [6, 6.07) is 2.11. The van der Waals surface area contributed by atoms with Gasteiger partial charge in [-0.3, -0.25) is 4.40 Å². The third-order valence-electron chi connectivity index (χ3n) is 2.84. The predicted octanol–water partition coefficient (Wildman–Crippen LogP) is 2.23. The molecule has 7 heteroatoms. The van der Waals surface area contributed by atoms with E-state index in [2.05, 4.69) is 11.1 Å². The lowest BCUT2D eigenvalue weighted by Crippen LogP contribution is -2.24. The van der Waals surface area contributed by atoms with E-state index >= 15 is 0 Å². The Bertz CT molecular complexity index is 680. The summed E-state index contributed by atoms with van der Waals surface area (Å²) in [6.45, 7) is 3.27. The minimum absolute atomic E-state index is 0.404. The van der Waals surface area contributed by atoms with Gasteiger partial charge in [0.1, 0.15) is 0 Å². The first-order chi connectivity index (χ1) is 9.67. The number of imidazole rings is 1. The molecule has 6 nitrogen and oxygen atoms in total. The molecule has 0 spiro atoms. The molecule has 2 heterocycles. The van der Waals surface area contributed by atoms with Gasteiger partial charge in [0.25, 0.3) is 0 Å². The zero-order valence-corrected chi connectivity index (χ0v) is 11.8. The first-order valence-corrected chi connectivity index (χ1v) is 7.03. The molecule has 1 N–H and O–H groups in total. The van der Waals surface area contributed by atoms with E-state index in [1.807, 2.05) is 27.8 Å². The highest BCUT2D eigenvalue weighted by Crippen LogP contribution is 2.26. The molecule has 0 aliphatic carbocycles.